The molecule has 0 fully saturated rings. The molecule has 1 aromatic carbocycles. The molecular formula is C12H16N2O2. The van der Waals surface area contributed by atoms with Crippen LogP contribution in [0.15, 0.2) is 24.3 Å². The van der Waals surface area contributed by atoms with Gasteiger partial charge in [-0.1, -0.05) is 12.1 Å². The Morgan fingerprint density at radius 2 is 1.94 bits per heavy atom. The van der Waals surface area contributed by atoms with Gasteiger partial charge < -0.3 is 10.6 Å². The summed E-state index contributed by atoms with van der Waals surface area (Å²) >= 11 is 0. The second-order valence-corrected chi connectivity index (χ2v) is 3.82. The molecule has 0 aliphatic carbocycles. The van der Waals surface area contributed by atoms with Crippen LogP contribution in [0, 0.1) is 0 Å². The summed E-state index contributed by atoms with van der Waals surface area (Å²) in [5, 5.41) is 5.38. The standard InChI is InChI=1S/C12H16N2O2/c1-9(2)14-12(16)11-5-3-10(4-6-11)7-13-8-15/h3-6,8-9H,7H2,1-2H3,(H,13,15)(H,14,16). The van der Waals surface area contributed by atoms with E-state index in [0.717, 1.165) is 5.56 Å². The second kappa shape index (κ2) is 5.90. The molecule has 1 rings (SSSR count). The van der Waals surface area contributed by atoms with Crippen molar-refractivity contribution >= 4 is 12.3 Å². The van der Waals surface area contributed by atoms with Gasteiger partial charge in [0.2, 0.25) is 6.41 Å². The van der Waals surface area contributed by atoms with Gasteiger partial charge in [-0.15, -0.1) is 0 Å². The van der Waals surface area contributed by atoms with Gasteiger partial charge >= 0.3 is 0 Å². The van der Waals surface area contributed by atoms with Gasteiger partial charge in [0.25, 0.3) is 5.91 Å². The van der Waals surface area contributed by atoms with Crippen LogP contribution in [0.2, 0.25) is 0 Å². The van der Waals surface area contributed by atoms with E-state index in [1.807, 2.05) is 26.0 Å². The van der Waals surface area contributed by atoms with Crippen molar-refractivity contribution in [2.24, 2.45) is 0 Å². The highest BCUT2D eigenvalue weighted by Crippen LogP contribution is 2.04. The second-order valence-electron chi connectivity index (χ2n) is 3.82. The molecule has 86 valence electrons. The summed E-state index contributed by atoms with van der Waals surface area (Å²) < 4.78 is 0. The largest absolute Gasteiger partial charge is 0.355 e. The molecule has 0 unspecified atom stereocenters. The lowest BCUT2D eigenvalue weighted by Crippen LogP contribution is -2.30. The fraction of sp³-hybridized carbons (Fsp3) is 0.333. The smallest absolute Gasteiger partial charge is 0.251 e. The first-order valence-electron chi connectivity index (χ1n) is 5.20. The van der Waals surface area contributed by atoms with Crippen molar-refractivity contribution < 1.29 is 9.59 Å². The van der Waals surface area contributed by atoms with Crippen molar-refractivity contribution in [1.82, 2.24) is 10.6 Å². The number of benzene rings is 1. The summed E-state index contributed by atoms with van der Waals surface area (Å²) in [5.74, 6) is -0.0788. The van der Waals surface area contributed by atoms with E-state index in [1.165, 1.54) is 0 Å². The van der Waals surface area contributed by atoms with Gasteiger partial charge in [0.15, 0.2) is 0 Å². The van der Waals surface area contributed by atoms with E-state index in [-0.39, 0.29) is 11.9 Å². The lowest BCUT2D eigenvalue weighted by atomic mass is 10.1. The Kier molecular flexibility index (Phi) is 4.51. The molecule has 0 aliphatic rings. The Hall–Kier alpha value is -1.84. The minimum absolute atomic E-state index is 0.0788. The van der Waals surface area contributed by atoms with Gasteiger partial charge in [-0.3, -0.25) is 9.59 Å². The van der Waals surface area contributed by atoms with Crippen molar-refractivity contribution in [3.8, 4) is 0 Å². The van der Waals surface area contributed by atoms with E-state index in [2.05, 4.69) is 10.6 Å². The number of hydrogen-bond donors (Lipinski definition) is 2. The average molecular weight is 220 g/mol. The number of carbonyl (C=O) groups is 2. The van der Waals surface area contributed by atoms with Crippen molar-refractivity contribution in [1.29, 1.82) is 0 Å². The molecule has 0 aliphatic heterocycles. The summed E-state index contributed by atoms with van der Waals surface area (Å²) in [6, 6.07) is 7.28. The molecule has 0 saturated carbocycles. The van der Waals surface area contributed by atoms with E-state index >= 15 is 0 Å². The van der Waals surface area contributed by atoms with Crippen molar-refractivity contribution in [2.75, 3.05) is 0 Å². The van der Waals surface area contributed by atoms with E-state index in [4.69, 9.17) is 0 Å². The zero-order valence-corrected chi connectivity index (χ0v) is 9.49. The molecule has 0 bridgehead atoms. The molecular weight excluding hydrogens is 204 g/mol. The molecule has 2 amide bonds. The van der Waals surface area contributed by atoms with Crippen LogP contribution in [-0.2, 0) is 11.3 Å². The van der Waals surface area contributed by atoms with Crippen LogP contribution in [0.5, 0.6) is 0 Å². The van der Waals surface area contributed by atoms with Crippen LogP contribution in [0.1, 0.15) is 29.8 Å². The number of carbonyl (C=O) groups excluding carboxylic acids is 2. The lowest BCUT2D eigenvalue weighted by molar-refractivity contribution is -0.109. The minimum Gasteiger partial charge on any atom is -0.355 e. The molecule has 16 heavy (non-hydrogen) atoms. The van der Waals surface area contributed by atoms with Gasteiger partial charge in [-0.25, -0.2) is 0 Å². The Labute approximate surface area is 95.0 Å². The molecule has 0 saturated heterocycles. The molecule has 0 spiro atoms. The zero-order valence-electron chi connectivity index (χ0n) is 9.49. The van der Waals surface area contributed by atoms with E-state index < -0.39 is 0 Å². The van der Waals surface area contributed by atoms with Gasteiger partial charge in [-0.05, 0) is 31.5 Å². The van der Waals surface area contributed by atoms with Crippen LogP contribution in [0.3, 0.4) is 0 Å². The normalized spacial score (nSPS) is 9.94. The molecule has 0 atom stereocenters. The van der Waals surface area contributed by atoms with Crippen molar-refractivity contribution in [3.63, 3.8) is 0 Å². The maximum atomic E-state index is 11.6. The quantitative estimate of drug-likeness (QED) is 0.729. The average Bonchev–Trinajstić information content (AvgIpc) is 2.26. The SMILES string of the molecule is CC(C)NC(=O)c1ccc(CNC=O)cc1. The highest BCUT2D eigenvalue weighted by molar-refractivity contribution is 5.94. The highest BCUT2D eigenvalue weighted by atomic mass is 16.1. The van der Waals surface area contributed by atoms with Crippen LogP contribution < -0.4 is 10.6 Å². The maximum Gasteiger partial charge on any atom is 0.251 e. The number of amides is 2. The fourth-order valence-corrected chi connectivity index (χ4v) is 1.28. The third kappa shape index (κ3) is 3.73. The monoisotopic (exact) mass is 220 g/mol. The van der Waals surface area contributed by atoms with Gasteiger partial charge in [-0.2, -0.15) is 0 Å². The Bertz CT molecular complexity index is 358. The maximum absolute atomic E-state index is 11.6. The molecule has 0 radical (unpaired) electrons. The predicted molar refractivity (Wildman–Crippen MR) is 61.9 cm³/mol. The lowest BCUT2D eigenvalue weighted by Gasteiger charge is -2.08. The fourth-order valence-electron chi connectivity index (χ4n) is 1.28. The van der Waals surface area contributed by atoms with Gasteiger partial charge in [0, 0.05) is 18.2 Å². The van der Waals surface area contributed by atoms with E-state index in [9.17, 15) is 9.59 Å². The first-order chi connectivity index (χ1) is 7.63. The van der Waals surface area contributed by atoms with Gasteiger partial charge in [0.1, 0.15) is 0 Å². The Balaban J connectivity index is 2.63. The van der Waals surface area contributed by atoms with Crippen LogP contribution in [0.4, 0.5) is 0 Å². The first kappa shape index (κ1) is 12.2. The number of rotatable bonds is 5. The van der Waals surface area contributed by atoms with Crippen LogP contribution in [-0.4, -0.2) is 18.4 Å². The van der Waals surface area contributed by atoms with Crippen molar-refractivity contribution in [2.45, 2.75) is 26.4 Å². The molecule has 0 aromatic heterocycles. The summed E-state index contributed by atoms with van der Waals surface area (Å²) in [6.07, 6.45) is 0.652. The topological polar surface area (TPSA) is 58.2 Å². The van der Waals surface area contributed by atoms with Crippen molar-refractivity contribution in [3.05, 3.63) is 35.4 Å². The predicted octanol–water partition coefficient (Wildman–Crippen LogP) is 1.07. The first-order valence-corrected chi connectivity index (χ1v) is 5.20. The summed E-state index contributed by atoms with van der Waals surface area (Å²) in [7, 11) is 0. The number of hydrogen-bond acceptors (Lipinski definition) is 2. The molecule has 4 nitrogen and oxygen atoms in total. The molecule has 0 heterocycles. The Morgan fingerprint density at radius 1 is 1.31 bits per heavy atom. The molecule has 1 aromatic rings. The third-order valence-corrected chi connectivity index (χ3v) is 2.03. The third-order valence-electron chi connectivity index (χ3n) is 2.03. The van der Waals surface area contributed by atoms with Gasteiger partial charge in [0.05, 0.1) is 0 Å². The molecule has 2 N–H and O–H groups in total. The van der Waals surface area contributed by atoms with Crippen LogP contribution in [0.25, 0.3) is 0 Å². The number of nitrogens with one attached hydrogen (secondary N) is 2. The van der Waals surface area contributed by atoms with Crippen LogP contribution >= 0.6 is 0 Å². The summed E-state index contributed by atoms with van der Waals surface area (Å²) in [5.41, 5.74) is 1.59. The minimum atomic E-state index is -0.0788. The summed E-state index contributed by atoms with van der Waals surface area (Å²) in [6.45, 7) is 4.32. The zero-order chi connectivity index (χ0) is 12.0. The Morgan fingerprint density at radius 3 is 2.44 bits per heavy atom. The summed E-state index contributed by atoms with van der Waals surface area (Å²) in [4.78, 5) is 21.7. The molecule has 4 heteroatoms. The van der Waals surface area contributed by atoms with E-state index in [1.54, 1.807) is 12.1 Å². The highest BCUT2D eigenvalue weighted by Gasteiger charge is 2.05. The van der Waals surface area contributed by atoms with E-state index in [0.29, 0.717) is 18.5 Å².